The number of nitrogens with one attached hydrogen (secondary N) is 1. The maximum absolute atomic E-state index is 12.8. The molecule has 2 heterocycles. The monoisotopic (exact) mass is 338 g/mol. The number of H-pyrrole nitrogens is 1. The molecule has 0 aliphatic carbocycles. The van der Waals surface area contributed by atoms with Crippen LogP contribution in [0.15, 0.2) is 23.5 Å². The Kier molecular flexibility index (Phi) is 5.09. The Hall–Kier alpha value is -1.89. The number of rotatable bonds is 5. The molecule has 1 N–H and O–H groups in total. The molecule has 1 unspecified atom stereocenters. The van der Waals surface area contributed by atoms with Crippen LogP contribution in [-0.4, -0.2) is 48.3 Å². The molecule has 126 valence electrons. The highest BCUT2D eigenvalue weighted by molar-refractivity contribution is 7.91. The molecule has 1 atom stereocenters. The fraction of sp³-hybridized carbons (Fsp3) is 0.500. The number of sulfone groups is 1. The third kappa shape index (κ3) is 3.72. The summed E-state index contributed by atoms with van der Waals surface area (Å²) in [4.78, 5) is 29.1. The highest BCUT2D eigenvalue weighted by Gasteiger charge is 2.35. The largest absolute Gasteiger partial charge is 0.331 e. The lowest BCUT2D eigenvalue weighted by Crippen LogP contribution is -2.43. The van der Waals surface area contributed by atoms with Gasteiger partial charge >= 0.3 is 0 Å². The van der Waals surface area contributed by atoms with E-state index < -0.39 is 27.3 Å². The number of nitrogens with zero attached hydrogens (tertiary/aromatic N) is 1. The van der Waals surface area contributed by atoms with E-state index >= 15 is 0 Å². The van der Waals surface area contributed by atoms with Crippen molar-refractivity contribution in [2.24, 2.45) is 0 Å². The third-order valence-corrected chi connectivity index (χ3v) is 5.92. The van der Waals surface area contributed by atoms with Gasteiger partial charge in [0.15, 0.2) is 9.84 Å². The maximum Gasteiger partial charge on any atom is 0.261 e. The normalized spacial score (nSPS) is 19.5. The topological polar surface area (TPSA) is 87.3 Å². The van der Waals surface area contributed by atoms with Crippen LogP contribution < -0.4 is 5.56 Å². The minimum atomic E-state index is -3.12. The van der Waals surface area contributed by atoms with Crippen molar-refractivity contribution >= 4 is 15.7 Å². The van der Waals surface area contributed by atoms with E-state index in [-0.39, 0.29) is 23.6 Å². The van der Waals surface area contributed by atoms with Gasteiger partial charge in [-0.05, 0) is 31.4 Å². The van der Waals surface area contributed by atoms with Crippen LogP contribution in [-0.2, 0) is 16.3 Å². The van der Waals surface area contributed by atoms with Gasteiger partial charge in [-0.25, -0.2) is 8.42 Å². The number of aryl methyl sites for hydroxylation is 2. The second-order valence-corrected chi connectivity index (χ2v) is 8.06. The van der Waals surface area contributed by atoms with Crippen molar-refractivity contribution in [1.29, 1.82) is 0 Å². The summed E-state index contributed by atoms with van der Waals surface area (Å²) in [5.74, 6) is -0.432. The molecule has 0 radical (unpaired) electrons. The Morgan fingerprint density at radius 3 is 2.74 bits per heavy atom. The molecule has 1 aromatic rings. The van der Waals surface area contributed by atoms with Gasteiger partial charge in [0.2, 0.25) is 0 Å². The van der Waals surface area contributed by atoms with E-state index in [1.165, 1.54) is 4.90 Å². The minimum absolute atomic E-state index is 0.0471. The highest BCUT2D eigenvalue weighted by Crippen LogP contribution is 2.19. The molecule has 1 aromatic heterocycles. The van der Waals surface area contributed by atoms with Gasteiger partial charge < -0.3 is 9.88 Å². The number of amides is 1. The molecule has 1 amide bonds. The molecule has 1 aliphatic rings. The molecule has 1 saturated heterocycles. The Morgan fingerprint density at radius 1 is 1.52 bits per heavy atom. The van der Waals surface area contributed by atoms with Gasteiger partial charge in [-0.3, -0.25) is 9.59 Å². The predicted molar refractivity (Wildman–Crippen MR) is 89.5 cm³/mol. The Labute approximate surface area is 136 Å². The quantitative estimate of drug-likeness (QED) is 0.813. The molecule has 1 aliphatic heterocycles. The molecule has 6 nitrogen and oxygen atoms in total. The van der Waals surface area contributed by atoms with Crippen molar-refractivity contribution in [1.82, 2.24) is 9.88 Å². The van der Waals surface area contributed by atoms with Gasteiger partial charge in [0, 0.05) is 18.3 Å². The molecule has 0 bridgehead atoms. The zero-order valence-corrected chi connectivity index (χ0v) is 14.3. The van der Waals surface area contributed by atoms with Crippen molar-refractivity contribution in [2.45, 2.75) is 32.7 Å². The summed E-state index contributed by atoms with van der Waals surface area (Å²) in [6.07, 6.45) is 2.61. The lowest BCUT2D eigenvalue weighted by molar-refractivity contribution is 0.0718. The van der Waals surface area contributed by atoms with Crippen molar-refractivity contribution in [3.63, 3.8) is 0 Å². The van der Waals surface area contributed by atoms with Gasteiger partial charge in [0.1, 0.15) is 5.56 Å². The number of carbonyl (C=O) groups is 1. The summed E-state index contributed by atoms with van der Waals surface area (Å²) < 4.78 is 23.4. The fourth-order valence-electron chi connectivity index (χ4n) is 2.91. The van der Waals surface area contributed by atoms with E-state index in [1.807, 2.05) is 13.8 Å². The lowest BCUT2D eigenvalue weighted by atomic mass is 10.1. The van der Waals surface area contributed by atoms with Gasteiger partial charge in [-0.15, -0.1) is 6.58 Å². The zero-order valence-electron chi connectivity index (χ0n) is 13.5. The fourth-order valence-corrected chi connectivity index (χ4v) is 4.64. The van der Waals surface area contributed by atoms with Crippen LogP contribution in [0.25, 0.3) is 0 Å². The van der Waals surface area contributed by atoms with Crippen molar-refractivity contribution in [3.05, 3.63) is 45.9 Å². The highest BCUT2D eigenvalue weighted by atomic mass is 32.2. The van der Waals surface area contributed by atoms with Gasteiger partial charge in [-0.2, -0.15) is 0 Å². The zero-order chi connectivity index (χ0) is 17.2. The first-order valence-corrected chi connectivity index (χ1v) is 9.46. The molecule has 7 heteroatoms. The first-order valence-electron chi connectivity index (χ1n) is 7.64. The van der Waals surface area contributed by atoms with E-state index in [9.17, 15) is 18.0 Å². The summed E-state index contributed by atoms with van der Waals surface area (Å²) in [7, 11) is -3.12. The first kappa shape index (κ1) is 17.5. The summed E-state index contributed by atoms with van der Waals surface area (Å²) in [5.41, 5.74) is 1.25. The lowest BCUT2D eigenvalue weighted by Gasteiger charge is -2.27. The number of hydrogen-bond donors (Lipinski definition) is 1. The number of hydrogen-bond acceptors (Lipinski definition) is 4. The van der Waals surface area contributed by atoms with Crippen molar-refractivity contribution in [3.8, 4) is 0 Å². The summed E-state index contributed by atoms with van der Waals surface area (Å²) in [5, 5.41) is 0. The van der Waals surface area contributed by atoms with Gasteiger partial charge in [0.05, 0.1) is 11.5 Å². The third-order valence-electron chi connectivity index (χ3n) is 4.17. The van der Waals surface area contributed by atoms with E-state index in [1.54, 1.807) is 12.1 Å². The molecule has 0 aromatic carbocycles. The van der Waals surface area contributed by atoms with Crippen LogP contribution >= 0.6 is 0 Å². The van der Waals surface area contributed by atoms with Crippen molar-refractivity contribution in [2.75, 3.05) is 18.1 Å². The van der Waals surface area contributed by atoms with Crippen LogP contribution in [0.1, 0.15) is 35.0 Å². The number of aromatic nitrogens is 1. The molecular weight excluding hydrogens is 316 g/mol. The van der Waals surface area contributed by atoms with E-state index in [4.69, 9.17) is 0 Å². The second-order valence-electron chi connectivity index (χ2n) is 5.83. The number of carbonyl (C=O) groups excluding carboxylic acids is 1. The van der Waals surface area contributed by atoms with E-state index in [2.05, 4.69) is 11.6 Å². The number of aromatic amines is 1. The van der Waals surface area contributed by atoms with Crippen LogP contribution in [0.2, 0.25) is 0 Å². The van der Waals surface area contributed by atoms with Crippen LogP contribution in [0.3, 0.4) is 0 Å². The van der Waals surface area contributed by atoms with Crippen molar-refractivity contribution < 1.29 is 13.2 Å². The minimum Gasteiger partial charge on any atom is -0.331 e. The Balaban J connectivity index is 2.37. The summed E-state index contributed by atoms with van der Waals surface area (Å²) in [6, 6.07) is 1.18. The SMILES string of the molecule is C=CCN(C(=O)c1cc(C)c(CC)[nH]c1=O)C1CCS(=O)(=O)C1. The summed E-state index contributed by atoms with van der Waals surface area (Å²) >= 11 is 0. The molecular formula is C16H22N2O4S. The Bertz CT molecular complexity index is 780. The first-order chi connectivity index (χ1) is 10.8. The maximum atomic E-state index is 12.8. The van der Waals surface area contributed by atoms with E-state index in [0.29, 0.717) is 12.8 Å². The van der Waals surface area contributed by atoms with Gasteiger partial charge in [0.25, 0.3) is 11.5 Å². The molecule has 0 spiro atoms. The second kappa shape index (κ2) is 6.70. The van der Waals surface area contributed by atoms with Crippen LogP contribution in [0, 0.1) is 6.92 Å². The molecule has 23 heavy (non-hydrogen) atoms. The average molecular weight is 338 g/mol. The van der Waals surface area contributed by atoms with Gasteiger partial charge in [-0.1, -0.05) is 13.0 Å². The standard InChI is InChI=1S/C16H22N2O4S/c1-4-7-18(12-6-8-23(21,22)10-12)16(20)13-9-11(3)14(5-2)17-15(13)19/h4,9,12H,1,5-8,10H2,2-3H3,(H,17,19). The number of pyridine rings is 1. The summed E-state index contributed by atoms with van der Waals surface area (Å²) in [6.45, 7) is 7.60. The predicted octanol–water partition coefficient (Wildman–Crippen LogP) is 1.06. The van der Waals surface area contributed by atoms with E-state index in [0.717, 1.165) is 11.3 Å². The van der Waals surface area contributed by atoms with Crippen LogP contribution in [0.4, 0.5) is 0 Å². The molecule has 2 rings (SSSR count). The molecule has 0 saturated carbocycles. The Morgan fingerprint density at radius 2 is 2.22 bits per heavy atom. The van der Waals surface area contributed by atoms with Crippen LogP contribution in [0.5, 0.6) is 0 Å². The molecule has 1 fully saturated rings. The smallest absolute Gasteiger partial charge is 0.261 e. The average Bonchev–Trinajstić information content (AvgIpc) is 2.85.